The molecule has 0 amide bonds. The lowest BCUT2D eigenvalue weighted by molar-refractivity contribution is 0.0922. The molecule has 5 nitrogen and oxygen atoms in total. The van der Waals surface area contributed by atoms with Crippen LogP contribution in [0, 0.1) is 0 Å². The molecule has 2 aromatic heterocycles. The van der Waals surface area contributed by atoms with Crippen molar-refractivity contribution in [3.05, 3.63) is 36.0 Å². The Bertz CT molecular complexity index is 417. The number of aryl methyl sites for hydroxylation is 1. The van der Waals surface area contributed by atoms with Crippen LogP contribution in [0.3, 0.4) is 0 Å². The third-order valence-electron chi connectivity index (χ3n) is 2.30. The molecule has 0 saturated carbocycles. The van der Waals surface area contributed by atoms with Crippen molar-refractivity contribution in [2.24, 2.45) is 7.05 Å². The van der Waals surface area contributed by atoms with Crippen molar-refractivity contribution in [1.82, 2.24) is 15.0 Å². The zero-order valence-corrected chi connectivity index (χ0v) is 8.01. The van der Waals surface area contributed by atoms with Crippen LogP contribution in [0.2, 0.25) is 0 Å². The number of hydrogen-bond acceptors (Lipinski definition) is 4. The molecule has 1 atom stereocenters. The molecular weight excluding hydrogens is 182 g/mol. The summed E-state index contributed by atoms with van der Waals surface area (Å²) in [6.07, 6.45) is 4.56. The van der Waals surface area contributed by atoms with E-state index < -0.39 is 5.60 Å². The van der Waals surface area contributed by atoms with Crippen LogP contribution < -0.4 is 0 Å². The Labute approximate surface area is 81.0 Å². The minimum absolute atomic E-state index is 0.624. The number of aromatic nitrogens is 3. The lowest BCUT2D eigenvalue weighted by atomic mass is 9.96. The van der Waals surface area contributed by atoms with Crippen LogP contribution in [0.5, 0.6) is 0 Å². The fraction of sp³-hybridized carbons (Fsp3) is 0.333. The molecule has 1 unspecified atom stereocenters. The Balaban J connectivity index is 2.48. The van der Waals surface area contributed by atoms with Crippen molar-refractivity contribution < 1.29 is 9.52 Å². The summed E-state index contributed by atoms with van der Waals surface area (Å²) in [4.78, 5) is 0. The first-order chi connectivity index (χ1) is 6.62. The maximum absolute atomic E-state index is 10.3. The molecule has 0 aliphatic rings. The maximum Gasteiger partial charge on any atom is 0.133 e. The SMILES string of the molecule is Cn1nncc1C(C)(O)c1ccoc1. The molecule has 0 fully saturated rings. The van der Waals surface area contributed by atoms with Crippen molar-refractivity contribution >= 4 is 0 Å². The fourth-order valence-electron chi connectivity index (χ4n) is 1.42. The Hall–Kier alpha value is -1.62. The first-order valence-electron chi connectivity index (χ1n) is 4.22. The van der Waals surface area contributed by atoms with Gasteiger partial charge in [-0.2, -0.15) is 0 Å². The van der Waals surface area contributed by atoms with Gasteiger partial charge in [-0.15, -0.1) is 5.10 Å². The van der Waals surface area contributed by atoms with Crippen molar-refractivity contribution in [3.63, 3.8) is 0 Å². The van der Waals surface area contributed by atoms with Gasteiger partial charge in [0, 0.05) is 12.6 Å². The van der Waals surface area contributed by atoms with E-state index in [9.17, 15) is 5.11 Å². The van der Waals surface area contributed by atoms with Crippen LogP contribution in [0.25, 0.3) is 0 Å². The monoisotopic (exact) mass is 193 g/mol. The average Bonchev–Trinajstić information content (AvgIpc) is 2.72. The van der Waals surface area contributed by atoms with Crippen LogP contribution in [0.4, 0.5) is 0 Å². The molecule has 0 spiro atoms. The van der Waals surface area contributed by atoms with Gasteiger partial charge in [0.05, 0.1) is 24.4 Å². The number of nitrogens with zero attached hydrogens (tertiary/aromatic N) is 3. The van der Waals surface area contributed by atoms with Gasteiger partial charge in [-0.1, -0.05) is 5.21 Å². The Kier molecular flexibility index (Phi) is 1.89. The van der Waals surface area contributed by atoms with Crippen molar-refractivity contribution in [3.8, 4) is 0 Å². The summed E-state index contributed by atoms with van der Waals surface area (Å²) in [7, 11) is 1.73. The van der Waals surface area contributed by atoms with Crippen LogP contribution in [0.1, 0.15) is 18.2 Å². The van der Waals surface area contributed by atoms with Gasteiger partial charge in [-0.05, 0) is 13.0 Å². The van der Waals surface area contributed by atoms with E-state index in [1.165, 1.54) is 23.4 Å². The quantitative estimate of drug-likeness (QED) is 0.761. The highest BCUT2D eigenvalue weighted by atomic mass is 16.3. The maximum atomic E-state index is 10.3. The molecule has 0 aliphatic carbocycles. The third kappa shape index (κ3) is 1.22. The highest BCUT2D eigenvalue weighted by Crippen LogP contribution is 2.27. The van der Waals surface area contributed by atoms with E-state index >= 15 is 0 Å². The molecule has 0 aliphatic heterocycles. The molecular formula is C9H11N3O2. The topological polar surface area (TPSA) is 64.1 Å². The molecule has 2 rings (SSSR count). The van der Waals surface area contributed by atoms with Gasteiger partial charge in [-0.25, -0.2) is 4.68 Å². The zero-order valence-electron chi connectivity index (χ0n) is 8.01. The van der Waals surface area contributed by atoms with E-state index in [4.69, 9.17) is 4.42 Å². The van der Waals surface area contributed by atoms with Crippen molar-refractivity contribution in [1.29, 1.82) is 0 Å². The van der Waals surface area contributed by atoms with Gasteiger partial charge in [0.25, 0.3) is 0 Å². The Morgan fingerprint density at radius 2 is 2.36 bits per heavy atom. The van der Waals surface area contributed by atoms with Gasteiger partial charge >= 0.3 is 0 Å². The molecule has 2 aromatic rings. The average molecular weight is 193 g/mol. The summed E-state index contributed by atoms with van der Waals surface area (Å²) in [5.74, 6) is 0. The van der Waals surface area contributed by atoms with Gasteiger partial charge in [0.15, 0.2) is 0 Å². The predicted octanol–water partition coefficient (Wildman–Crippen LogP) is 0.664. The molecule has 0 radical (unpaired) electrons. The van der Waals surface area contributed by atoms with E-state index in [1.54, 1.807) is 20.0 Å². The molecule has 14 heavy (non-hydrogen) atoms. The summed E-state index contributed by atoms with van der Waals surface area (Å²) in [5, 5.41) is 17.7. The number of hydrogen-bond donors (Lipinski definition) is 1. The van der Waals surface area contributed by atoms with E-state index in [0.717, 1.165) is 0 Å². The van der Waals surface area contributed by atoms with Gasteiger partial charge < -0.3 is 9.52 Å². The third-order valence-corrected chi connectivity index (χ3v) is 2.30. The summed E-state index contributed by atoms with van der Waals surface area (Å²) in [6.45, 7) is 1.68. The second-order valence-electron chi connectivity index (χ2n) is 3.33. The summed E-state index contributed by atoms with van der Waals surface area (Å²) in [5.41, 5.74) is 0.187. The standard InChI is InChI=1S/C9H11N3O2/c1-9(13,7-3-4-14-6-7)8-5-10-11-12(8)2/h3-6,13H,1-2H3. The molecule has 74 valence electrons. The molecule has 5 heteroatoms. The first kappa shape index (κ1) is 8.96. The summed E-state index contributed by atoms with van der Waals surface area (Å²) < 4.78 is 6.46. The Morgan fingerprint density at radius 1 is 1.57 bits per heavy atom. The number of furan rings is 1. The molecule has 0 aromatic carbocycles. The highest BCUT2D eigenvalue weighted by Gasteiger charge is 2.30. The van der Waals surface area contributed by atoms with Crippen LogP contribution in [-0.2, 0) is 12.6 Å². The van der Waals surface area contributed by atoms with Crippen molar-refractivity contribution in [2.75, 3.05) is 0 Å². The number of rotatable bonds is 2. The van der Waals surface area contributed by atoms with E-state index in [1.807, 2.05) is 0 Å². The van der Waals surface area contributed by atoms with E-state index in [0.29, 0.717) is 11.3 Å². The zero-order chi connectivity index (χ0) is 10.2. The van der Waals surface area contributed by atoms with Crippen molar-refractivity contribution in [2.45, 2.75) is 12.5 Å². The van der Waals surface area contributed by atoms with E-state index in [-0.39, 0.29) is 0 Å². The van der Waals surface area contributed by atoms with E-state index in [2.05, 4.69) is 10.3 Å². The van der Waals surface area contributed by atoms with Crippen LogP contribution >= 0.6 is 0 Å². The minimum atomic E-state index is -1.12. The van der Waals surface area contributed by atoms with Gasteiger partial charge in [0.2, 0.25) is 0 Å². The summed E-state index contributed by atoms with van der Waals surface area (Å²) in [6, 6.07) is 1.72. The molecule has 1 N–H and O–H groups in total. The summed E-state index contributed by atoms with van der Waals surface area (Å²) >= 11 is 0. The molecule has 0 bridgehead atoms. The number of aliphatic hydroxyl groups is 1. The minimum Gasteiger partial charge on any atom is -0.472 e. The normalized spacial score (nSPS) is 15.4. The highest BCUT2D eigenvalue weighted by molar-refractivity contribution is 5.26. The largest absolute Gasteiger partial charge is 0.472 e. The lowest BCUT2D eigenvalue weighted by Crippen LogP contribution is -2.25. The lowest BCUT2D eigenvalue weighted by Gasteiger charge is -2.20. The second-order valence-corrected chi connectivity index (χ2v) is 3.33. The Morgan fingerprint density at radius 3 is 2.86 bits per heavy atom. The van der Waals surface area contributed by atoms with Crippen LogP contribution in [-0.4, -0.2) is 20.1 Å². The fourth-order valence-corrected chi connectivity index (χ4v) is 1.42. The molecule has 2 heterocycles. The van der Waals surface area contributed by atoms with Gasteiger partial charge in [-0.3, -0.25) is 0 Å². The predicted molar refractivity (Wildman–Crippen MR) is 48.4 cm³/mol. The molecule has 0 saturated heterocycles. The second kappa shape index (κ2) is 2.95. The van der Waals surface area contributed by atoms with Gasteiger partial charge in [0.1, 0.15) is 5.60 Å². The van der Waals surface area contributed by atoms with Crippen LogP contribution in [0.15, 0.2) is 29.2 Å². The smallest absolute Gasteiger partial charge is 0.133 e. The first-order valence-corrected chi connectivity index (χ1v) is 4.22.